The monoisotopic (exact) mass is 383 g/mol. The Morgan fingerprint density at radius 1 is 1.25 bits per heavy atom. The van der Waals surface area contributed by atoms with E-state index >= 15 is 0 Å². The van der Waals surface area contributed by atoms with Crippen molar-refractivity contribution in [3.05, 3.63) is 45.7 Å². The Hall–Kier alpha value is -3.20. The van der Waals surface area contributed by atoms with E-state index in [2.05, 4.69) is 20.6 Å². The summed E-state index contributed by atoms with van der Waals surface area (Å²) in [6.07, 6.45) is -0.105. The summed E-state index contributed by atoms with van der Waals surface area (Å²) < 4.78 is 5.31. The molecule has 2 aliphatic heterocycles. The van der Waals surface area contributed by atoms with Gasteiger partial charge in [-0.3, -0.25) is 19.4 Å². The number of fused-ring (bicyclic) bond motifs is 1. The number of hydrogen-bond donors (Lipinski definition) is 3. The molecule has 4 rings (SSSR count). The van der Waals surface area contributed by atoms with Crippen LogP contribution in [0.2, 0.25) is 0 Å². The van der Waals surface area contributed by atoms with Crippen molar-refractivity contribution in [2.75, 3.05) is 41.8 Å². The Morgan fingerprint density at radius 2 is 2.00 bits per heavy atom. The number of aromatic amines is 1. The summed E-state index contributed by atoms with van der Waals surface area (Å²) in [6, 6.07) is 7.34. The van der Waals surface area contributed by atoms with Crippen LogP contribution in [0, 0.1) is 6.92 Å². The van der Waals surface area contributed by atoms with Gasteiger partial charge in [0.25, 0.3) is 5.56 Å². The molecule has 3 N–H and O–H groups in total. The minimum Gasteiger partial charge on any atom is -0.378 e. The molecule has 1 atom stereocenters. The average Bonchev–Trinajstić information content (AvgIpc) is 2.69. The van der Waals surface area contributed by atoms with E-state index in [9.17, 15) is 14.4 Å². The quantitative estimate of drug-likeness (QED) is 0.728. The Kier molecular flexibility index (Phi) is 4.82. The van der Waals surface area contributed by atoms with Gasteiger partial charge in [0, 0.05) is 25.2 Å². The first-order chi connectivity index (χ1) is 13.5. The number of H-pyrrole nitrogens is 1. The van der Waals surface area contributed by atoms with Gasteiger partial charge < -0.3 is 20.3 Å². The molecule has 9 nitrogen and oxygen atoms in total. The number of para-hydroxylation sites is 1. The predicted molar refractivity (Wildman–Crippen MR) is 104 cm³/mol. The van der Waals surface area contributed by atoms with Gasteiger partial charge in [0.1, 0.15) is 5.82 Å². The van der Waals surface area contributed by atoms with Crippen molar-refractivity contribution >= 4 is 29.3 Å². The third-order valence-corrected chi connectivity index (χ3v) is 4.97. The SMILES string of the molecule is Cc1ccccc1NC(=O)[C@H]1CC(=O)Nc2nc(N3CCOCC3)[nH]c(=O)c21. The Balaban J connectivity index is 1.66. The topological polar surface area (TPSA) is 116 Å². The zero-order valence-electron chi connectivity index (χ0n) is 15.4. The van der Waals surface area contributed by atoms with Crippen molar-refractivity contribution in [1.29, 1.82) is 0 Å². The number of carbonyl (C=O) groups is 2. The first-order valence-corrected chi connectivity index (χ1v) is 9.16. The summed E-state index contributed by atoms with van der Waals surface area (Å²) in [7, 11) is 0. The normalized spacial score (nSPS) is 19.0. The number of rotatable bonds is 3. The van der Waals surface area contributed by atoms with Gasteiger partial charge in [-0.15, -0.1) is 0 Å². The van der Waals surface area contributed by atoms with Gasteiger partial charge in [-0.2, -0.15) is 4.98 Å². The number of carbonyl (C=O) groups excluding carboxylic acids is 2. The standard InChI is InChI=1S/C19H21N5O4/c1-11-4-2-3-5-13(11)20-17(26)12-10-14(25)21-16-15(12)18(27)23-19(22-16)24-6-8-28-9-7-24/h2-5,12H,6-10H2,1H3,(H,20,26)(H2,21,22,23,25,27)/t12-/m0/s1. The second-order valence-corrected chi connectivity index (χ2v) is 6.86. The molecule has 2 aliphatic rings. The molecule has 1 fully saturated rings. The van der Waals surface area contributed by atoms with E-state index < -0.39 is 17.4 Å². The van der Waals surface area contributed by atoms with E-state index in [0.29, 0.717) is 37.9 Å². The molecular formula is C19H21N5O4. The maximum atomic E-state index is 12.9. The highest BCUT2D eigenvalue weighted by atomic mass is 16.5. The smallest absolute Gasteiger partial charge is 0.258 e. The molecule has 1 aromatic carbocycles. The van der Waals surface area contributed by atoms with E-state index in [0.717, 1.165) is 5.56 Å². The van der Waals surface area contributed by atoms with Crippen LogP contribution in [0.4, 0.5) is 17.5 Å². The summed E-state index contributed by atoms with van der Waals surface area (Å²) >= 11 is 0. The highest BCUT2D eigenvalue weighted by Gasteiger charge is 2.35. The van der Waals surface area contributed by atoms with E-state index in [4.69, 9.17) is 4.74 Å². The molecule has 1 aromatic heterocycles. The molecule has 0 aliphatic carbocycles. The van der Waals surface area contributed by atoms with Crippen LogP contribution in [0.5, 0.6) is 0 Å². The van der Waals surface area contributed by atoms with Gasteiger partial charge in [0.05, 0.1) is 24.7 Å². The van der Waals surface area contributed by atoms with Crippen molar-refractivity contribution in [1.82, 2.24) is 9.97 Å². The largest absolute Gasteiger partial charge is 0.378 e. The third kappa shape index (κ3) is 3.48. The first kappa shape index (κ1) is 18.2. The Bertz CT molecular complexity index is 981. The van der Waals surface area contributed by atoms with E-state index in [1.807, 2.05) is 30.0 Å². The van der Waals surface area contributed by atoms with Gasteiger partial charge in [-0.25, -0.2) is 0 Å². The fourth-order valence-corrected chi connectivity index (χ4v) is 3.44. The third-order valence-electron chi connectivity index (χ3n) is 4.97. The number of anilines is 3. The number of hydrogen-bond acceptors (Lipinski definition) is 6. The number of nitrogens with zero attached hydrogens (tertiary/aromatic N) is 2. The van der Waals surface area contributed by atoms with E-state index in [1.54, 1.807) is 6.07 Å². The van der Waals surface area contributed by atoms with Crippen molar-refractivity contribution in [3.8, 4) is 0 Å². The number of aryl methyl sites for hydroxylation is 1. The molecule has 0 radical (unpaired) electrons. The maximum absolute atomic E-state index is 12.9. The van der Waals surface area contributed by atoms with Crippen LogP contribution >= 0.6 is 0 Å². The van der Waals surface area contributed by atoms with Gasteiger partial charge >= 0.3 is 0 Å². The highest BCUT2D eigenvalue weighted by molar-refractivity contribution is 6.04. The molecular weight excluding hydrogens is 362 g/mol. The van der Waals surface area contributed by atoms with Crippen LogP contribution in [-0.4, -0.2) is 48.1 Å². The molecule has 2 aromatic rings. The van der Waals surface area contributed by atoms with Crippen LogP contribution in [0.3, 0.4) is 0 Å². The second-order valence-electron chi connectivity index (χ2n) is 6.86. The predicted octanol–water partition coefficient (Wildman–Crippen LogP) is 0.979. The average molecular weight is 383 g/mol. The Morgan fingerprint density at radius 3 is 2.75 bits per heavy atom. The molecule has 0 bridgehead atoms. The van der Waals surface area contributed by atoms with Crippen LogP contribution in [-0.2, 0) is 14.3 Å². The van der Waals surface area contributed by atoms with Crippen LogP contribution in [0.15, 0.2) is 29.1 Å². The molecule has 28 heavy (non-hydrogen) atoms. The molecule has 0 unspecified atom stereocenters. The molecule has 1 saturated heterocycles. The van der Waals surface area contributed by atoms with Crippen LogP contribution in [0.1, 0.15) is 23.5 Å². The number of morpholine rings is 1. The van der Waals surface area contributed by atoms with Crippen molar-refractivity contribution < 1.29 is 14.3 Å². The summed E-state index contributed by atoms with van der Waals surface area (Å²) in [5.74, 6) is -1.14. The molecule has 2 amide bonds. The minimum absolute atomic E-state index is 0.105. The number of benzene rings is 1. The lowest BCUT2D eigenvalue weighted by molar-refractivity contribution is -0.123. The van der Waals surface area contributed by atoms with Crippen molar-refractivity contribution in [2.24, 2.45) is 0 Å². The second kappa shape index (κ2) is 7.43. The lowest BCUT2D eigenvalue weighted by Crippen LogP contribution is -2.41. The number of aromatic nitrogens is 2. The number of amides is 2. The number of ether oxygens (including phenoxy) is 1. The van der Waals surface area contributed by atoms with E-state index in [1.165, 1.54) is 0 Å². The van der Waals surface area contributed by atoms with Gasteiger partial charge in [-0.05, 0) is 18.6 Å². The molecule has 0 spiro atoms. The highest BCUT2D eigenvalue weighted by Crippen LogP contribution is 2.30. The molecule has 0 saturated carbocycles. The molecule has 9 heteroatoms. The van der Waals surface area contributed by atoms with Crippen LogP contribution in [0.25, 0.3) is 0 Å². The van der Waals surface area contributed by atoms with Gasteiger partial charge in [0.2, 0.25) is 17.8 Å². The summed E-state index contributed by atoms with van der Waals surface area (Å²) in [6.45, 7) is 4.13. The zero-order valence-corrected chi connectivity index (χ0v) is 15.4. The molecule has 146 valence electrons. The van der Waals surface area contributed by atoms with Crippen molar-refractivity contribution in [3.63, 3.8) is 0 Å². The lowest BCUT2D eigenvalue weighted by Gasteiger charge is -2.29. The number of nitrogens with one attached hydrogen (secondary N) is 3. The summed E-state index contributed by atoms with van der Waals surface area (Å²) in [5.41, 5.74) is 1.31. The summed E-state index contributed by atoms with van der Waals surface area (Å²) in [5, 5.41) is 5.45. The van der Waals surface area contributed by atoms with E-state index in [-0.39, 0.29) is 23.7 Å². The molecule has 3 heterocycles. The maximum Gasteiger partial charge on any atom is 0.258 e. The lowest BCUT2D eigenvalue weighted by atomic mass is 9.92. The summed E-state index contributed by atoms with van der Waals surface area (Å²) in [4.78, 5) is 46.9. The fraction of sp³-hybridized carbons (Fsp3) is 0.368. The van der Waals surface area contributed by atoms with Crippen LogP contribution < -0.4 is 21.1 Å². The zero-order chi connectivity index (χ0) is 19.7. The minimum atomic E-state index is -0.904. The fourth-order valence-electron chi connectivity index (χ4n) is 3.44. The van der Waals surface area contributed by atoms with Gasteiger partial charge in [0.15, 0.2) is 0 Å². The Labute approximate surface area is 161 Å². The van der Waals surface area contributed by atoms with Gasteiger partial charge in [-0.1, -0.05) is 18.2 Å². The first-order valence-electron chi connectivity index (χ1n) is 9.16. The van der Waals surface area contributed by atoms with Crippen molar-refractivity contribution in [2.45, 2.75) is 19.3 Å².